The molecule has 3 atom stereocenters. The van der Waals surface area contributed by atoms with Gasteiger partial charge in [-0.25, -0.2) is 13.8 Å². The zero-order valence-electron chi connectivity index (χ0n) is 24.0. The Hall–Kier alpha value is -3.18. The molecule has 2 aliphatic rings. The van der Waals surface area contributed by atoms with Crippen molar-refractivity contribution in [1.29, 1.82) is 0 Å². The normalized spacial score (nSPS) is 21.6. The fraction of sp³-hybridized carbons (Fsp3) is 0.469. The quantitative estimate of drug-likeness (QED) is 0.193. The number of ether oxygens (including phenoxy) is 1. The van der Waals surface area contributed by atoms with Crippen LogP contribution in [0.25, 0.3) is 0 Å². The van der Waals surface area contributed by atoms with Gasteiger partial charge < -0.3 is 4.74 Å². The van der Waals surface area contributed by atoms with Gasteiger partial charge in [-0.05, 0) is 80.5 Å². The van der Waals surface area contributed by atoms with E-state index in [-0.39, 0.29) is 49.6 Å². The first-order chi connectivity index (χ1) is 20.3. The zero-order valence-corrected chi connectivity index (χ0v) is 24.8. The van der Waals surface area contributed by atoms with Crippen molar-refractivity contribution in [3.05, 3.63) is 86.6 Å². The van der Waals surface area contributed by atoms with Crippen LogP contribution in [0.4, 0.5) is 22.0 Å². The van der Waals surface area contributed by atoms with Gasteiger partial charge in [-0.15, -0.1) is 11.3 Å². The first kappa shape index (κ1) is 31.3. The summed E-state index contributed by atoms with van der Waals surface area (Å²) in [6, 6.07) is 10.3. The fourth-order valence-corrected chi connectivity index (χ4v) is 7.42. The lowest BCUT2D eigenvalue weighted by atomic mass is 9.63. The maximum Gasteiger partial charge on any atom is 0.426 e. The van der Waals surface area contributed by atoms with E-state index in [1.54, 1.807) is 30.5 Å². The van der Waals surface area contributed by atoms with E-state index in [9.17, 15) is 31.5 Å². The van der Waals surface area contributed by atoms with Crippen LogP contribution in [0.1, 0.15) is 59.6 Å². The number of rotatable bonds is 10. The smallest absolute Gasteiger partial charge is 0.426 e. The molecule has 0 saturated carbocycles. The number of nitrogens with zero attached hydrogens (tertiary/aromatic N) is 2. The number of likely N-dealkylation sites (tertiary alicyclic amines) is 1. The second kappa shape index (κ2) is 12.1. The number of fused-ring (bicyclic) bond motifs is 3. The summed E-state index contributed by atoms with van der Waals surface area (Å²) < 4.78 is 74.1. The molecule has 1 fully saturated rings. The number of thiazole rings is 1. The molecular formula is C32H33F5N2O3S. The van der Waals surface area contributed by atoms with Crippen molar-refractivity contribution in [1.82, 2.24) is 9.88 Å². The Labute approximate surface area is 251 Å². The molecular weight excluding hydrogens is 587 g/mol. The summed E-state index contributed by atoms with van der Waals surface area (Å²) in [6.45, 7) is 3.31. The van der Waals surface area contributed by atoms with Crippen LogP contribution in [0.3, 0.4) is 0 Å². The highest BCUT2D eigenvalue weighted by Gasteiger charge is 2.55. The Bertz CT molecular complexity index is 1490. The minimum atomic E-state index is -5.05. The Morgan fingerprint density at radius 3 is 2.56 bits per heavy atom. The van der Waals surface area contributed by atoms with Crippen molar-refractivity contribution < 1.29 is 36.3 Å². The van der Waals surface area contributed by atoms with Crippen molar-refractivity contribution in [3.8, 4) is 0 Å². The summed E-state index contributed by atoms with van der Waals surface area (Å²) in [4.78, 5) is 31.5. The molecule has 230 valence electrons. The molecule has 2 aromatic carbocycles. The number of hydrogen-bond acceptors (Lipinski definition) is 6. The average molecular weight is 621 g/mol. The zero-order chi connectivity index (χ0) is 31.0. The fourth-order valence-electron chi connectivity index (χ4n) is 6.60. The van der Waals surface area contributed by atoms with E-state index < -0.39 is 22.8 Å². The number of carbonyl (C=O) groups excluding carboxylic acids is 2. The van der Waals surface area contributed by atoms with E-state index in [0.717, 1.165) is 11.1 Å². The number of benzene rings is 2. The van der Waals surface area contributed by atoms with Gasteiger partial charge in [-0.2, -0.15) is 13.2 Å². The summed E-state index contributed by atoms with van der Waals surface area (Å²) >= 11 is 1.32. The molecule has 0 N–H and O–H groups in total. The number of halogens is 5. The van der Waals surface area contributed by atoms with E-state index in [0.29, 0.717) is 55.4 Å². The Morgan fingerprint density at radius 1 is 1.12 bits per heavy atom. The minimum absolute atomic E-state index is 0.0332. The van der Waals surface area contributed by atoms with Crippen LogP contribution in [0.15, 0.2) is 47.8 Å². The molecule has 43 heavy (non-hydrogen) atoms. The van der Waals surface area contributed by atoms with Crippen LogP contribution in [-0.4, -0.2) is 53.6 Å². The van der Waals surface area contributed by atoms with Crippen molar-refractivity contribution in [3.63, 3.8) is 0 Å². The number of ketones is 1. The lowest BCUT2D eigenvalue weighted by Gasteiger charge is -2.44. The number of hydrogen-bond donors (Lipinski definition) is 0. The molecule has 5 nitrogen and oxygen atoms in total. The molecule has 0 amide bonds. The molecule has 1 saturated heterocycles. The largest absolute Gasteiger partial charge is 0.466 e. The van der Waals surface area contributed by atoms with E-state index in [1.165, 1.54) is 35.6 Å². The van der Waals surface area contributed by atoms with E-state index in [4.69, 9.17) is 4.74 Å². The van der Waals surface area contributed by atoms with Crippen LogP contribution in [-0.2, 0) is 51.1 Å². The number of aromatic nitrogens is 1. The predicted octanol–water partition coefficient (Wildman–Crippen LogP) is 6.45. The maximum absolute atomic E-state index is 14.9. The van der Waals surface area contributed by atoms with Crippen molar-refractivity contribution in [2.45, 2.75) is 75.7 Å². The second-order valence-electron chi connectivity index (χ2n) is 11.5. The molecule has 1 aromatic heterocycles. The summed E-state index contributed by atoms with van der Waals surface area (Å²) in [6.07, 6.45) is -2.71. The van der Waals surface area contributed by atoms with E-state index >= 15 is 0 Å². The van der Waals surface area contributed by atoms with Crippen molar-refractivity contribution in [2.75, 3.05) is 19.7 Å². The number of alkyl halides is 4. The molecule has 0 radical (unpaired) electrons. The Kier molecular flexibility index (Phi) is 8.77. The molecule has 1 aliphatic heterocycles. The van der Waals surface area contributed by atoms with Gasteiger partial charge in [0.1, 0.15) is 10.8 Å². The molecule has 2 heterocycles. The third kappa shape index (κ3) is 6.38. The number of carbonyl (C=O) groups is 2. The van der Waals surface area contributed by atoms with Crippen LogP contribution < -0.4 is 0 Å². The van der Waals surface area contributed by atoms with Gasteiger partial charge in [0.2, 0.25) is 5.67 Å². The van der Waals surface area contributed by atoms with Gasteiger partial charge in [0.25, 0.3) is 0 Å². The van der Waals surface area contributed by atoms with Gasteiger partial charge in [0, 0.05) is 16.8 Å². The van der Waals surface area contributed by atoms with Crippen molar-refractivity contribution in [2.24, 2.45) is 0 Å². The van der Waals surface area contributed by atoms with E-state index in [1.807, 2.05) is 0 Å². The SMILES string of the molecule is CCOC(=O)Cc1csc(CC(=O)CN2CC[C@@]3(Cc4ccc(F)cc4)c4ccc(C(C)(F)C(F)(F)F)cc4CC[C@@H]23)n1. The highest BCUT2D eigenvalue weighted by molar-refractivity contribution is 7.09. The first-order valence-corrected chi connectivity index (χ1v) is 15.2. The third-order valence-corrected chi connectivity index (χ3v) is 9.62. The Balaban J connectivity index is 1.39. The topological polar surface area (TPSA) is 59.5 Å². The Morgan fingerprint density at radius 2 is 1.86 bits per heavy atom. The lowest BCUT2D eigenvalue weighted by Crippen LogP contribution is -2.49. The maximum atomic E-state index is 14.9. The molecule has 5 rings (SSSR count). The van der Waals surface area contributed by atoms with Gasteiger partial charge >= 0.3 is 12.1 Å². The molecule has 0 bridgehead atoms. The summed E-state index contributed by atoms with van der Waals surface area (Å²) in [7, 11) is 0. The number of Topliss-reactive ketones (excluding diaryl/α,β-unsaturated/α-hetero) is 1. The lowest BCUT2D eigenvalue weighted by molar-refractivity contribution is -0.228. The van der Waals surface area contributed by atoms with Crippen LogP contribution >= 0.6 is 11.3 Å². The average Bonchev–Trinajstić information content (AvgIpc) is 3.53. The second-order valence-corrected chi connectivity index (χ2v) is 12.5. The highest BCUT2D eigenvalue weighted by Crippen LogP contribution is 2.51. The first-order valence-electron chi connectivity index (χ1n) is 14.3. The summed E-state index contributed by atoms with van der Waals surface area (Å²) in [5.41, 5.74) is -1.48. The van der Waals surface area contributed by atoms with Crippen LogP contribution in [0, 0.1) is 5.82 Å². The minimum Gasteiger partial charge on any atom is -0.466 e. The number of esters is 1. The third-order valence-electron chi connectivity index (χ3n) is 8.72. The molecule has 11 heteroatoms. The van der Waals surface area contributed by atoms with Crippen molar-refractivity contribution >= 4 is 23.1 Å². The molecule has 3 aromatic rings. The van der Waals surface area contributed by atoms with Gasteiger partial charge in [-0.3, -0.25) is 14.5 Å². The van der Waals surface area contributed by atoms with Crippen LogP contribution in [0.5, 0.6) is 0 Å². The molecule has 0 spiro atoms. The summed E-state index contributed by atoms with van der Waals surface area (Å²) in [5.74, 6) is -0.777. The van der Waals surface area contributed by atoms with Crippen LogP contribution in [0.2, 0.25) is 0 Å². The molecule has 1 aliphatic carbocycles. The molecule has 1 unspecified atom stereocenters. The van der Waals surface area contributed by atoms with E-state index in [2.05, 4.69) is 9.88 Å². The van der Waals surface area contributed by atoms with Gasteiger partial charge in [-0.1, -0.05) is 30.3 Å². The summed E-state index contributed by atoms with van der Waals surface area (Å²) in [5, 5.41) is 2.36. The standard InChI is InChI=1S/C32H33F5N2O3S/c1-3-42-29(41)15-24-19-43-28(38-24)16-25(40)18-39-13-12-31(17-20-4-8-23(33)9-5-20)26-10-7-22(30(2,34)32(35,36)37)14-21(26)6-11-27(31)39/h4-5,7-10,14,19,27H,3,6,11-13,15-18H2,1-2H3/t27-,30?,31-/m1/s1. The van der Waals surface area contributed by atoms with Gasteiger partial charge in [0.05, 0.1) is 31.7 Å². The predicted molar refractivity (Wildman–Crippen MR) is 152 cm³/mol. The number of aryl methyl sites for hydroxylation is 1. The monoisotopic (exact) mass is 620 g/mol. The van der Waals surface area contributed by atoms with Gasteiger partial charge in [0.15, 0.2) is 5.78 Å². The highest BCUT2D eigenvalue weighted by atomic mass is 32.1.